The van der Waals surface area contributed by atoms with Crippen molar-refractivity contribution in [1.82, 2.24) is 5.32 Å². The number of rotatable bonds is 7. The van der Waals surface area contributed by atoms with Crippen LogP contribution in [0.4, 0.5) is 0 Å². The summed E-state index contributed by atoms with van der Waals surface area (Å²) < 4.78 is 10.5. The minimum absolute atomic E-state index is 0.0542. The van der Waals surface area contributed by atoms with Gasteiger partial charge in [-0.25, -0.2) is 4.79 Å². The lowest BCUT2D eigenvalue weighted by Gasteiger charge is -2.12. The Kier molecular flexibility index (Phi) is 6.22. The average Bonchev–Trinajstić information content (AvgIpc) is 2.34. The summed E-state index contributed by atoms with van der Waals surface area (Å²) in [6.45, 7) is 7.24. The van der Waals surface area contributed by atoms with Crippen molar-refractivity contribution in [3.8, 4) is 5.75 Å². The predicted octanol–water partition coefficient (Wildman–Crippen LogP) is 2.13. The summed E-state index contributed by atoms with van der Waals surface area (Å²) in [5, 5.41) is 3.23. The van der Waals surface area contributed by atoms with Crippen LogP contribution in [0.1, 0.15) is 26.3 Å². The maximum atomic E-state index is 11.4. The van der Waals surface area contributed by atoms with Gasteiger partial charge in [-0.2, -0.15) is 0 Å². The summed E-state index contributed by atoms with van der Waals surface area (Å²) in [5.41, 5.74) is 1.04. The Hall–Kier alpha value is -1.55. The van der Waals surface area contributed by atoms with Gasteiger partial charge in [0.05, 0.1) is 6.10 Å². The summed E-state index contributed by atoms with van der Waals surface area (Å²) in [4.78, 5) is 11.4. The van der Waals surface area contributed by atoms with Gasteiger partial charge < -0.3 is 14.8 Å². The quantitative estimate of drug-likeness (QED) is 0.754. The van der Waals surface area contributed by atoms with Crippen molar-refractivity contribution in [2.24, 2.45) is 0 Å². The molecule has 1 N–H and O–H groups in total. The first-order valence-corrected chi connectivity index (χ1v) is 6.24. The number of hydrogen-bond acceptors (Lipinski definition) is 4. The number of carbonyl (C=O) groups excluding carboxylic acids is 1. The summed E-state index contributed by atoms with van der Waals surface area (Å²) in [6.07, 6.45) is -0.113. The van der Waals surface area contributed by atoms with E-state index >= 15 is 0 Å². The van der Waals surface area contributed by atoms with E-state index in [1.54, 1.807) is 0 Å². The minimum atomic E-state index is -0.344. The first-order valence-electron chi connectivity index (χ1n) is 6.24. The third kappa shape index (κ3) is 5.19. The van der Waals surface area contributed by atoms with E-state index in [-0.39, 0.29) is 18.7 Å². The molecule has 4 nitrogen and oxygen atoms in total. The van der Waals surface area contributed by atoms with E-state index in [1.807, 2.05) is 45.0 Å². The maximum Gasteiger partial charge on any atom is 0.344 e. The standard InChI is InChI=1S/C14H21NO3/c1-4-15-9-12-7-5-6-8-13(12)17-10-14(16)18-11(2)3/h5-8,11,15H,4,9-10H2,1-3H3. The summed E-state index contributed by atoms with van der Waals surface area (Å²) in [6, 6.07) is 7.67. The van der Waals surface area contributed by atoms with Crippen LogP contribution < -0.4 is 10.1 Å². The highest BCUT2D eigenvalue weighted by molar-refractivity contribution is 5.71. The van der Waals surface area contributed by atoms with Crippen LogP contribution in [-0.2, 0) is 16.1 Å². The molecule has 0 aliphatic carbocycles. The van der Waals surface area contributed by atoms with Gasteiger partial charge >= 0.3 is 5.97 Å². The van der Waals surface area contributed by atoms with Crippen molar-refractivity contribution in [1.29, 1.82) is 0 Å². The highest BCUT2D eigenvalue weighted by atomic mass is 16.6. The molecule has 1 aromatic carbocycles. The van der Waals surface area contributed by atoms with Gasteiger partial charge in [0.15, 0.2) is 6.61 Å². The van der Waals surface area contributed by atoms with E-state index in [2.05, 4.69) is 5.32 Å². The van der Waals surface area contributed by atoms with E-state index in [0.717, 1.165) is 24.4 Å². The number of benzene rings is 1. The highest BCUT2D eigenvalue weighted by Crippen LogP contribution is 2.17. The first-order chi connectivity index (χ1) is 8.63. The van der Waals surface area contributed by atoms with Gasteiger partial charge in [-0.05, 0) is 26.5 Å². The summed E-state index contributed by atoms with van der Waals surface area (Å²) in [5.74, 6) is 0.377. The fraction of sp³-hybridized carbons (Fsp3) is 0.500. The second-order valence-electron chi connectivity index (χ2n) is 4.22. The molecule has 0 heterocycles. The predicted molar refractivity (Wildman–Crippen MR) is 70.5 cm³/mol. The van der Waals surface area contributed by atoms with Crippen molar-refractivity contribution >= 4 is 5.97 Å². The molecule has 0 unspecified atom stereocenters. The molecule has 4 heteroatoms. The zero-order valence-corrected chi connectivity index (χ0v) is 11.2. The molecule has 0 fully saturated rings. The van der Waals surface area contributed by atoms with Crippen LogP contribution in [0.15, 0.2) is 24.3 Å². The molecule has 1 rings (SSSR count). The van der Waals surface area contributed by atoms with Crippen LogP contribution >= 0.6 is 0 Å². The number of carbonyl (C=O) groups is 1. The van der Waals surface area contributed by atoms with E-state index < -0.39 is 0 Å². The third-order valence-electron chi connectivity index (χ3n) is 2.25. The van der Waals surface area contributed by atoms with Crippen LogP contribution in [0.3, 0.4) is 0 Å². The fourth-order valence-electron chi connectivity index (χ4n) is 1.48. The second-order valence-corrected chi connectivity index (χ2v) is 4.22. The molecular weight excluding hydrogens is 230 g/mol. The Balaban J connectivity index is 2.53. The first kappa shape index (κ1) is 14.5. The van der Waals surface area contributed by atoms with Gasteiger partial charge in [0.1, 0.15) is 5.75 Å². The topological polar surface area (TPSA) is 47.6 Å². The maximum absolute atomic E-state index is 11.4. The molecule has 0 amide bonds. The molecule has 0 spiro atoms. The zero-order valence-electron chi connectivity index (χ0n) is 11.2. The SMILES string of the molecule is CCNCc1ccccc1OCC(=O)OC(C)C. The fourth-order valence-corrected chi connectivity index (χ4v) is 1.48. The van der Waals surface area contributed by atoms with Gasteiger partial charge in [-0.1, -0.05) is 25.1 Å². The molecule has 0 aliphatic rings. The van der Waals surface area contributed by atoms with E-state index in [4.69, 9.17) is 9.47 Å². The minimum Gasteiger partial charge on any atom is -0.482 e. The van der Waals surface area contributed by atoms with E-state index in [1.165, 1.54) is 0 Å². The zero-order chi connectivity index (χ0) is 13.4. The molecule has 0 bridgehead atoms. The lowest BCUT2D eigenvalue weighted by Crippen LogP contribution is -2.19. The molecule has 0 aliphatic heterocycles. The number of esters is 1. The monoisotopic (exact) mass is 251 g/mol. The normalized spacial score (nSPS) is 10.4. The third-order valence-corrected chi connectivity index (χ3v) is 2.25. The van der Waals surface area contributed by atoms with E-state index in [0.29, 0.717) is 0 Å². The Labute approximate surface area is 108 Å². The largest absolute Gasteiger partial charge is 0.482 e. The van der Waals surface area contributed by atoms with E-state index in [9.17, 15) is 4.79 Å². The van der Waals surface area contributed by atoms with Crippen LogP contribution in [0, 0.1) is 0 Å². The molecule has 0 aromatic heterocycles. The highest BCUT2D eigenvalue weighted by Gasteiger charge is 2.08. The Morgan fingerprint density at radius 2 is 2.06 bits per heavy atom. The van der Waals surface area contributed by atoms with Crippen molar-refractivity contribution < 1.29 is 14.3 Å². The van der Waals surface area contributed by atoms with Crippen LogP contribution in [-0.4, -0.2) is 25.2 Å². The summed E-state index contributed by atoms with van der Waals surface area (Å²) in [7, 11) is 0. The molecule has 0 saturated carbocycles. The number of hydrogen-bond donors (Lipinski definition) is 1. The second kappa shape index (κ2) is 7.71. The molecule has 1 aromatic rings. The molecule has 0 atom stereocenters. The molecule has 18 heavy (non-hydrogen) atoms. The van der Waals surface area contributed by atoms with Crippen LogP contribution in [0.2, 0.25) is 0 Å². The van der Waals surface area contributed by atoms with Crippen molar-refractivity contribution in [2.45, 2.75) is 33.4 Å². The Morgan fingerprint density at radius 1 is 1.33 bits per heavy atom. The number of para-hydroxylation sites is 1. The molecular formula is C14H21NO3. The van der Waals surface area contributed by atoms with Gasteiger partial charge in [0, 0.05) is 12.1 Å². The van der Waals surface area contributed by atoms with Crippen molar-refractivity contribution in [3.05, 3.63) is 29.8 Å². The van der Waals surface area contributed by atoms with Gasteiger partial charge in [-0.15, -0.1) is 0 Å². The van der Waals surface area contributed by atoms with Gasteiger partial charge in [0.2, 0.25) is 0 Å². The van der Waals surface area contributed by atoms with Crippen LogP contribution in [0.25, 0.3) is 0 Å². The molecule has 0 radical (unpaired) electrons. The van der Waals surface area contributed by atoms with Crippen molar-refractivity contribution in [3.63, 3.8) is 0 Å². The molecule has 100 valence electrons. The Morgan fingerprint density at radius 3 is 2.72 bits per heavy atom. The number of ether oxygens (including phenoxy) is 2. The smallest absolute Gasteiger partial charge is 0.344 e. The van der Waals surface area contributed by atoms with Crippen LogP contribution in [0.5, 0.6) is 5.75 Å². The van der Waals surface area contributed by atoms with Crippen molar-refractivity contribution in [2.75, 3.05) is 13.2 Å². The Bertz CT molecular complexity index is 377. The summed E-state index contributed by atoms with van der Waals surface area (Å²) >= 11 is 0. The number of nitrogens with one attached hydrogen (secondary N) is 1. The molecule has 0 saturated heterocycles. The van der Waals surface area contributed by atoms with Gasteiger partial charge in [0.25, 0.3) is 0 Å². The lowest BCUT2D eigenvalue weighted by atomic mass is 10.2. The lowest BCUT2D eigenvalue weighted by molar-refractivity contribution is -0.149. The van der Waals surface area contributed by atoms with Gasteiger partial charge in [-0.3, -0.25) is 0 Å². The average molecular weight is 251 g/mol.